The van der Waals surface area contributed by atoms with Crippen LogP contribution in [0.3, 0.4) is 0 Å². The monoisotopic (exact) mass is 484 g/mol. The van der Waals surface area contributed by atoms with Crippen LogP contribution in [-0.2, 0) is 14.6 Å². The third-order valence-electron chi connectivity index (χ3n) is 6.26. The minimum absolute atomic E-state index is 0. The van der Waals surface area contributed by atoms with E-state index in [9.17, 15) is 13.0 Å². The molecule has 0 spiro atoms. The van der Waals surface area contributed by atoms with Crippen LogP contribution in [0.4, 0.5) is 0 Å². The summed E-state index contributed by atoms with van der Waals surface area (Å²) >= 11 is 0. The molecule has 0 amide bonds. The van der Waals surface area contributed by atoms with Gasteiger partial charge in [-0.15, -0.1) is 0 Å². The van der Waals surface area contributed by atoms with Crippen LogP contribution in [0.1, 0.15) is 162 Å². The molecule has 0 N–H and O–H groups in total. The third kappa shape index (κ3) is 28.9. The Bertz CT molecular complexity index is 457. The predicted octanol–water partition coefficient (Wildman–Crippen LogP) is 5.85. The van der Waals surface area contributed by atoms with Crippen LogP contribution in [0, 0.1) is 0 Å². The molecule has 0 aliphatic heterocycles. The first-order valence-electron chi connectivity index (χ1n) is 13.6. The van der Waals surface area contributed by atoms with E-state index in [2.05, 4.69) is 13.8 Å². The summed E-state index contributed by atoms with van der Waals surface area (Å²) in [6.07, 6.45) is 27.5. The van der Waals surface area contributed by atoms with E-state index >= 15 is 0 Å². The Morgan fingerprint density at radius 1 is 0.531 bits per heavy atom. The van der Waals surface area contributed by atoms with Gasteiger partial charge in [-0.05, 0) is 12.8 Å². The van der Waals surface area contributed by atoms with Crippen molar-refractivity contribution < 1.29 is 46.7 Å². The molecule has 0 aromatic heterocycles. The van der Waals surface area contributed by atoms with Crippen LogP contribution in [0.25, 0.3) is 0 Å². The summed E-state index contributed by atoms with van der Waals surface area (Å²) in [6.45, 7) is 4.48. The molecule has 0 aromatic rings. The van der Waals surface area contributed by atoms with E-state index in [1.54, 1.807) is 0 Å². The van der Waals surface area contributed by atoms with Crippen molar-refractivity contribution in [1.82, 2.24) is 0 Å². The third-order valence-corrected chi connectivity index (χ3v) is 6.77. The van der Waals surface area contributed by atoms with Crippen LogP contribution in [0.15, 0.2) is 0 Å². The molecule has 0 fully saturated rings. The Hall–Kier alpha value is 0.870. The molecule has 0 saturated heterocycles. The SMILES string of the molecule is CCCCCCCCCCCCCCCCC(CCCCCCCCC)OS(=O)(=O)[O-].[Na+]. The van der Waals surface area contributed by atoms with Gasteiger partial charge in [0.2, 0.25) is 10.4 Å². The van der Waals surface area contributed by atoms with Crippen LogP contribution >= 0.6 is 0 Å². The van der Waals surface area contributed by atoms with Gasteiger partial charge in [-0.1, -0.05) is 149 Å². The van der Waals surface area contributed by atoms with Gasteiger partial charge in [0.1, 0.15) is 0 Å². The van der Waals surface area contributed by atoms with E-state index in [4.69, 9.17) is 4.18 Å². The van der Waals surface area contributed by atoms with Gasteiger partial charge < -0.3 is 4.55 Å². The van der Waals surface area contributed by atoms with Gasteiger partial charge >= 0.3 is 29.6 Å². The fourth-order valence-corrected chi connectivity index (χ4v) is 4.83. The van der Waals surface area contributed by atoms with Crippen molar-refractivity contribution >= 4 is 10.4 Å². The topological polar surface area (TPSA) is 66.4 Å². The summed E-state index contributed by atoms with van der Waals surface area (Å²) in [7, 11) is -4.60. The largest absolute Gasteiger partial charge is 1.00 e. The molecule has 4 nitrogen and oxygen atoms in total. The molecule has 1 atom stereocenters. The number of unbranched alkanes of at least 4 members (excludes halogenated alkanes) is 19. The molecule has 0 aliphatic rings. The first kappa shape index (κ1) is 35.0. The second kappa shape index (κ2) is 26.5. The maximum absolute atomic E-state index is 11.0. The van der Waals surface area contributed by atoms with Crippen molar-refractivity contribution in [2.24, 2.45) is 0 Å². The normalized spacial score (nSPS) is 12.6. The summed E-state index contributed by atoms with van der Waals surface area (Å²) in [5.74, 6) is 0. The van der Waals surface area contributed by atoms with Crippen LogP contribution in [0.2, 0.25) is 0 Å². The Morgan fingerprint density at radius 3 is 1.03 bits per heavy atom. The number of hydrogen-bond donors (Lipinski definition) is 0. The minimum atomic E-state index is -4.60. The van der Waals surface area contributed by atoms with E-state index in [0.29, 0.717) is 12.8 Å². The summed E-state index contributed by atoms with van der Waals surface area (Å²) in [5.41, 5.74) is 0. The van der Waals surface area contributed by atoms with E-state index in [1.165, 1.54) is 109 Å². The van der Waals surface area contributed by atoms with Crippen LogP contribution in [-0.4, -0.2) is 19.1 Å². The van der Waals surface area contributed by atoms with Gasteiger partial charge in [0.25, 0.3) is 0 Å². The van der Waals surface area contributed by atoms with Gasteiger partial charge in [0.15, 0.2) is 0 Å². The zero-order valence-corrected chi connectivity index (χ0v) is 24.7. The molecule has 0 aliphatic carbocycles. The molecular weight excluding hydrogens is 431 g/mol. The molecule has 0 radical (unpaired) electrons. The fourth-order valence-electron chi connectivity index (χ4n) is 4.30. The van der Waals surface area contributed by atoms with Gasteiger partial charge in [-0.3, -0.25) is 4.18 Å². The summed E-state index contributed by atoms with van der Waals surface area (Å²) < 4.78 is 37.9. The van der Waals surface area contributed by atoms with Crippen LogP contribution in [0.5, 0.6) is 0 Å². The van der Waals surface area contributed by atoms with Gasteiger partial charge in [-0.2, -0.15) is 0 Å². The molecule has 6 heteroatoms. The van der Waals surface area contributed by atoms with Crippen molar-refractivity contribution in [2.45, 2.75) is 168 Å². The smallest absolute Gasteiger partial charge is 0.726 e. The summed E-state index contributed by atoms with van der Waals surface area (Å²) in [6, 6.07) is 0. The van der Waals surface area contributed by atoms with E-state index < -0.39 is 16.5 Å². The molecule has 32 heavy (non-hydrogen) atoms. The van der Waals surface area contributed by atoms with Gasteiger partial charge in [-0.25, -0.2) is 8.42 Å². The first-order chi connectivity index (χ1) is 15.0. The molecule has 0 aromatic carbocycles. The van der Waals surface area contributed by atoms with Crippen molar-refractivity contribution in [3.63, 3.8) is 0 Å². The van der Waals surface area contributed by atoms with Gasteiger partial charge in [0.05, 0.1) is 6.10 Å². The predicted molar refractivity (Wildman–Crippen MR) is 132 cm³/mol. The van der Waals surface area contributed by atoms with Crippen LogP contribution < -0.4 is 29.6 Å². The zero-order valence-electron chi connectivity index (χ0n) is 21.9. The molecular formula is C26H53NaO4S. The molecule has 0 heterocycles. The minimum Gasteiger partial charge on any atom is -0.726 e. The fraction of sp³-hybridized carbons (Fsp3) is 1.00. The summed E-state index contributed by atoms with van der Waals surface area (Å²) in [4.78, 5) is 0. The maximum atomic E-state index is 11.0. The van der Waals surface area contributed by atoms with Crippen molar-refractivity contribution in [2.75, 3.05) is 0 Å². The molecule has 188 valence electrons. The first-order valence-corrected chi connectivity index (χ1v) is 15.0. The number of rotatable bonds is 25. The van der Waals surface area contributed by atoms with Crippen molar-refractivity contribution in [3.8, 4) is 0 Å². The van der Waals surface area contributed by atoms with Crippen molar-refractivity contribution in [1.29, 1.82) is 0 Å². The Morgan fingerprint density at radius 2 is 0.781 bits per heavy atom. The zero-order chi connectivity index (χ0) is 23.0. The molecule has 0 saturated carbocycles. The number of hydrogen-bond acceptors (Lipinski definition) is 4. The second-order valence-corrected chi connectivity index (χ2v) is 10.4. The van der Waals surface area contributed by atoms with E-state index in [0.717, 1.165) is 25.7 Å². The molecule has 1 unspecified atom stereocenters. The van der Waals surface area contributed by atoms with E-state index in [1.807, 2.05) is 0 Å². The van der Waals surface area contributed by atoms with Crippen molar-refractivity contribution in [3.05, 3.63) is 0 Å². The molecule has 0 rings (SSSR count). The molecule has 0 bridgehead atoms. The maximum Gasteiger partial charge on any atom is 1.00 e. The quantitative estimate of drug-likeness (QED) is 0.0706. The van der Waals surface area contributed by atoms with Gasteiger partial charge in [0, 0.05) is 0 Å². The van der Waals surface area contributed by atoms with E-state index in [-0.39, 0.29) is 29.6 Å². The summed E-state index contributed by atoms with van der Waals surface area (Å²) in [5, 5.41) is 0. The Labute approximate surface area is 223 Å². The average molecular weight is 485 g/mol. The Balaban J connectivity index is 0. The average Bonchev–Trinajstić information content (AvgIpc) is 2.72. The second-order valence-electron chi connectivity index (χ2n) is 9.42. The standard InChI is InChI=1S/C26H54O4S.Na/c1-3-5-7-9-11-12-13-14-15-16-17-19-21-23-25-26(30-31(27,28)29)24-22-20-18-10-8-6-4-2;/h26H,3-25H2,1-2H3,(H,27,28,29);/q;+1/p-1. The Kier molecular flexibility index (Phi) is 29.0.